The lowest BCUT2D eigenvalue weighted by Gasteiger charge is -2.18. The lowest BCUT2D eigenvalue weighted by Crippen LogP contribution is -2.21. The van der Waals surface area contributed by atoms with Crippen molar-refractivity contribution in [2.24, 2.45) is 0 Å². The highest BCUT2D eigenvalue weighted by molar-refractivity contribution is 7.90. The van der Waals surface area contributed by atoms with E-state index in [0.717, 1.165) is 17.4 Å². The summed E-state index contributed by atoms with van der Waals surface area (Å²) < 4.78 is 61.4. The van der Waals surface area contributed by atoms with Gasteiger partial charge in [-0.3, -0.25) is 4.98 Å². The minimum absolute atomic E-state index is 0.0986. The van der Waals surface area contributed by atoms with Crippen LogP contribution in [0.25, 0.3) is 11.1 Å². The SMILES string of the molecule is COc1c(CCNc2ncnc(N)c2C#N)cc(Cl)c(C)c1-c1cncc(S(C)(=O)=O)c1.O=C(O)C(F)(F)F. The average Bonchev–Trinajstić information content (AvgIpc) is 2.85. The monoisotopic (exact) mass is 586 g/mol. The summed E-state index contributed by atoms with van der Waals surface area (Å²) in [6.07, 6.45) is 0.672. The van der Waals surface area contributed by atoms with Gasteiger partial charge in [-0.15, -0.1) is 0 Å². The van der Waals surface area contributed by atoms with E-state index >= 15 is 0 Å². The number of anilines is 2. The largest absolute Gasteiger partial charge is 0.496 e. The number of nitrogen functional groups attached to an aromatic ring is 1. The molecule has 0 saturated carbocycles. The number of benzene rings is 1. The highest BCUT2D eigenvalue weighted by Gasteiger charge is 2.38. The van der Waals surface area contributed by atoms with Gasteiger partial charge in [0.2, 0.25) is 0 Å². The van der Waals surface area contributed by atoms with E-state index in [9.17, 15) is 26.9 Å². The number of halogens is 4. The Balaban J connectivity index is 0.000000673. The first kappa shape index (κ1) is 31.1. The molecule has 1 aromatic carbocycles. The zero-order valence-electron chi connectivity index (χ0n) is 20.7. The van der Waals surface area contributed by atoms with Crippen LogP contribution in [-0.2, 0) is 21.1 Å². The number of sulfone groups is 1. The first-order valence-corrected chi connectivity index (χ1v) is 12.9. The van der Waals surface area contributed by atoms with E-state index in [1.54, 1.807) is 18.3 Å². The van der Waals surface area contributed by atoms with Gasteiger partial charge in [0.25, 0.3) is 0 Å². The van der Waals surface area contributed by atoms with Gasteiger partial charge in [-0.25, -0.2) is 23.2 Å². The van der Waals surface area contributed by atoms with Gasteiger partial charge >= 0.3 is 12.1 Å². The van der Waals surface area contributed by atoms with E-state index in [4.69, 9.17) is 32.0 Å². The number of pyridine rings is 1. The summed E-state index contributed by atoms with van der Waals surface area (Å²) in [7, 11) is -1.90. The van der Waals surface area contributed by atoms with Crippen LogP contribution < -0.4 is 15.8 Å². The second kappa shape index (κ2) is 12.6. The Hall–Kier alpha value is -4.16. The second-order valence-electron chi connectivity index (χ2n) is 7.81. The molecule has 2 aromatic heterocycles. The van der Waals surface area contributed by atoms with Crippen molar-refractivity contribution >= 4 is 39.0 Å². The topological polar surface area (TPSA) is 181 Å². The molecule has 0 atom stereocenters. The summed E-state index contributed by atoms with van der Waals surface area (Å²) in [5.41, 5.74) is 8.66. The zero-order chi connectivity index (χ0) is 29.5. The molecule has 0 unspecified atom stereocenters. The third-order valence-electron chi connectivity index (χ3n) is 5.10. The molecule has 0 aliphatic rings. The summed E-state index contributed by atoms with van der Waals surface area (Å²) in [6, 6.07) is 5.34. The predicted octanol–water partition coefficient (Wildman–Crippen LogP) is 3.65. The smallest absolute Gasteiger partial charge is 0.490 e. The van der Waals surface area contributed by atoms with Gasteiger partial charge in [0.1, 0.15) is 35.3 Å². The lowest BCUT2D eigenvalue weighted by atomic mass is 9.96. The summed E-state index contributed by atoms with van der Waals surface area (Å²) >= 11 is 6.50. The highest BCUT2D eigenvalue weighted by atomic mass is 35.5. The first-order chi connectivity index (χ1) is 18.1. The molecule has 208 valence electrons. The normalized spacial score (nSPS) is 11.1. The van der Waals surface area contributed by atoms with Crippen LogP contribution in [0.3, 0.4) is 0 Å². The number of hydrogen-bond donors (Lipinski definition) is 3. The van der Waals surface area contributed by atoms with Crippen LogP contribution in [0.2, 0.25) is 5.02 Å². The van der Waals surface area contributed by atoms with Crippen LogP contribution in [0.1, 0.15) is 16.7 Å². The molecule has 11 nitrogen and oxygen atoms in total. The van der Waals surface area contributed by atoms with Gasteiger partial charge in [0, 0.05) is 41.3 Å². The number of hydrogen-bond acceptors (Lipinski definition) is 10. The zero-order valence-corrected chi connectivity index (χ0v) is 22.2. The maximum atomic E-state index is 12.0. The van der Waals surface area contributed by atoms with Crippen molar-refractivity contribution in [1.29, 1.82) is 5.26 Å². The Morgan fingerprint density at radius 1 is 1.28 bits per heavy atom. The number of nitrogens with one attached hydrogen (secondary N) is 1. The standard InChI is InChI=1S/C21H21ClN6O3S.C2HF3O2/c1-12-17(22)7-13(4-5-26-21-16(8-23)20(24)27-11-28-21)19(31-2)18(12)14-6-15(10-25-9-14)32(3,29)30;3-2(4,5)1(6)7/h6-7,9-11H,4-5H2,1-3H3,(H3,24,26,27,28);(H,6,7). The Morgan fingerprint density at radius 3 is 2.46 bits per heavy atom. The van der Waals surface area contributed by atoms with Gasteiger partial charge in [-0.2, -0.15) is 18.4 Å². The van der Waals surface area contributed by atoms with Gasteiger partial charge in [0.15, 0.2) is 9.84 Å². The van der Waals surface area contributed by atoms with E-state index in [1.807, 2.05) is 13.0 Å². The number of carboxylic acids is 1. The number of nitrogens with two attached hydrogens (primary N) is 1. The molecule has 0 spiro atoms. The number of aliphatic carboxylic acids is 1. The molecule has 0 saturated heterocycles. The predicted molar refractivity (Wildman–Crippen MR) is 136 cm³/mol. The number of methoxy groups -OCH3 is 1. The quantitative estimate of drug-likeness (QED) is 0.367. The maximum Gasteiger partial charge on any atom is 0.490 e. The fraction of sp³-hybridized carbons (Fsp3) is 0.261. The van der Waals surface area contributed by atoms with Gasteiger partial charge in [-0.1, -0.05) is 11.6 Å². The van der Waals surface area contributed by atoms with E-state index in [1.165, 1.54) is 19.6 Å². The van der Waals surface area contributed by atoms with E-state index in [2.05, 4.69) is 20.3 Å². The van der Waals surface area contributed by atoms with Crippen LogP contribution in [0.15, 0.2) is 35.7 Å². The number of alkyl halides is 3. The van der Waals surface area contributed by atoms with Crippen LogP contribution in [0, 0.1) is 18.3 Å². The maximum absolute atomic E-state index is 12.0. The third-order valence-corrected chi connectivity index (χ3v) is 6.58. The number of carboxylic acid groups (broad SMARTS) is 1. The van der Waals surface area contributed by atoms with Crippen LogP contribution >= 0.6 is 11.6 Å². The molecule has 0 aliphatic heterocycles. The minimum Gasteiger partial charge on any atom is -0.496 e. The molecule has 4 N–H and O–H groups in total. The summed E-state index contributed by atoms with van der Waals surface area (Å²) in [5.74, 6) is -1.76. The minimum atomic E-state index is -5.08. The molecule has 0 radical (unpaired) electrons. The Bertz CT molecular complexity index is 1530. The molecule has 0 amide bonds. The molecule has 0 aliphatic carbocycles. The molecule has 16 heteroatoms. The first-order valence-electron chi connectivity index (χ1n) is 10.7. The van der Waals surface area contributed by atoms with Gasteiger partial charge in [0.05, 0.1) is 12.0 Å². The van der Waals surface area contributed by atoms with E-state index in [0.29, 0.717) is 40.7 Å². The second-order valence-corrected chi connectivity index (χ2v) is 10.2. The number of aromatic nitrogens is 3. The molecule has 2 heterocycles. The molecule has 3 aromatic rings. The van der Waals surface area contributed by atoms with Crippen molar-refractivity contribution in [2.75, 3.05) is 31.0 Å². The molecular formula is C23H22ClF3N6O5S. The third kappa shape index (κ3) is 7.91. The average molecular weight is 587 g/mol. The van der Waals surface area contributed by atoms with Crippen LogP contribution in [0.4, 0.5) is 24.8 Å². The van der Waals surface area contributed by atoms with Crippen LogP contribution in [-0.4, -0.2) is 60.5 Å². The highest BCUT2D eigenvalue weighted by Crippen LogP contribution is 2.40. The fourth-order valence-corrected chi connectivity index (χ4v) is 4.08. The van der Waals surface area contributed by atoms with Crippen LogP contribution in [0.5, 0.6) is 5.75 Å². The molecular weight excluding hydrogens is 565 g/mol. The molecule has 0 fully saturated rings. The molecule has 39 heavy (non-hydrogen) atoms. The number of nitrogens with zero attached hydrogens (tertiary/aromatic N) is 4. The number of nitriles is 1. The van der Waals surface area contributed by atoms with E-state index in [-0.39, 0.29) is 16.3 Å². The van der Waals surface area contributed by atoms with Crippen molar-refractivity contribution in [1.82, 2.24) is 15.0 Å². The number of rotatable bonds is 7. The van der Waals surface area contributed by atoms with Crippen molar-refractivity contribution in [3.05, 3.63) is 52.6 Å². The van der Waals surface area contributed by atoms with Gasteiger partial charge < -0.3 is 20.9 Å². The number of ether oxygens (including phenoxy) is 1. The Kier molecular flexibility index (Phi) is 10.0. The summed E-state index contributed by atoms with van der Waals surface area (Å²) in [6.45, 7) is 2.24. The van der Waals surface area contributed by atoms with Crippen molar-refractivity contribution in [2.45, 2.75) is 24.4 Å². The van der Waals surface area contributed by atoms with Crippen molar-refractivity contribution in [3.63, 3.8) is 0 Å². The lowest BCUT2D eigenvalue weighted by molar-refractivity contribution is -0.192. The molecule has 0 bridgehead atoms. The van der Waals surface area contributed by atoms with Crippen molar-refractivity contribution < 1.29 is 36.2 Å². The van der Waals surface area contributed by atoms with Gasteiger partial charge in [-0.05, 0) is 36.6 Å². The fourth-order valence-electron chi connectivity index (χ4n) is 3.26. The Morgan fingerprint density at radius 2 is 1.92 bits per heavy atom. The molecule has 3 rings (SSSR count). The number of carbonyl (C=O) groups is 1. The van der Waals surface area contributed by atoms with E-state index < -0.39 is 22.0 Å². The summed E-state index contributed by atoms with van der Waals surface area (Å²) in [4.78, 5) is 21.0. The summed E-state index contributed by atoms with van der Waals surface area (Å²) in [5, 5.41) is 20.0. The van der Waals surface area contributed by atoms with Crippen molar-refractivity contribution in [3.8, 4) is 22.9 Å². The Labute approximate surface area is 226 Å².